The van der Waals surface area contributed by atoms with Gasteiger partial charge in [0.15, 0.2) is 5.96 Å². The third-order valence-corrected chi connectivity index (χ3v) is 13.7. The minimum absolute atomic E-state index is 0.0295. The van der Waals surface area contributed by atoms with E-state index in [2.05, 4.69) is 74.1 Å². The number of carbonyl (C=O) groups excluding carboxylic acids is 13. The molecule has 0 radical (unpaired) electrons. The third kappa shape index (κ3) is 31.9. The van der Waals surface area contributed by atoms with Crippen molar-refractivity contribution < 1.29 is 97.8 Å². The van der Waals surface area contributed by atoms with Gasteiger partial charge in [-0.1, -0.05) is 58.0 Å². The molecule has 0 saturated carbocycles. The molecule has 0 saturated heterocycles. The number of hydrogen-bond acceptors (Lipinski definition) is 21. The Hall–Kier alpha value is -9.17. The monoisotopic (exact) mass is 1340 g/mol. The van der Waals surface area contributed by atoms with Crippen LogP contribution in [0, 0.1) is 11.8 Å². The number of guanidine groups is 1. The lowest BCUT2D eigenvalue weighted by Crippen LogP contribution is -2.62. The minimum atomic E-state index is -1.94. The van der Waals surface area contributed by atoms with E-state index in [4.69, 9.17) is 17.2 Å². The molecule has 25 N–H and O–H groups in total. The second-order valence-electron chi connectivity index (χ2n) is 22.8. The number of benzene rings is 1. The number of amides is 13. The summed E-state index contributed by atoms with van der Waals surface area (Å²) in [5, 5.41) is 92.2. The topological polar surface area (TPSA) is 607 Å². The Balaban J connectivity index is 3.20. The lowest BCUT2D eigenvalue weighted by Gasteiger charge is -2.29. The molecule has 1 aromatic rings. The van der Waals surface area contributed by atoms with Crippen LogP contribution in [-0.4, -0.2) is 244 Å². The van der Waals surface area contributed by atoms with E-state index < -0.39 is 213 Å². The van der Waals surface area contributed by atoms with Crippen molar-refractivity contribution >= 4 is 88.7 Å². The fourth-order valence-corrected chi connectivity index (χ4v) is 8.69. The molecule has 37 heteroatoms. The number of rotatable bonds is 44. The van der Waals surface area contributed by atoms with E-state index in [0.717, 1.165) is 13.8 Å². The summed E-state index contributed by atoms with van der Waals surface area (Å²) in [6, 6.07) is -8.35. The smallest absolute Gasteiger partial charge is 0.303 e. The van der Waals surface area contributed by atoms with Crippen molar-refractivity contribution in [2.24, 2.45) is 34.0 Å². The van der Waals surface area contributed by atoms with E-state index in [1.165, 1.54) is 13.8 Å². The summed E-state index contributed by atoms with van der Waals surface area (Å²) in [4.78, 5) is 186. The molecular formula is C57H95N17O20. The highest BCUT2D eigenvalue weighted by molar-refractivity contribution is 5.98. The number of nitrogens with two attached hydrogens (primary N) is 3. The van der Waals surface area contributed by atoms with E-state index in [1.54, 1.807) is 58.0 Å². The van der Waals surface area contributed by atoms with Crippen LogP contribution in [0.2, 0.25) is 0 Å². The first-order valence-electron chi connectivity index (χ1n) is 30.1. The average Bonchev–Trinajstić information content (AvgIpc) is 0.999. The standard InChI is InChI=1S/C57H95N17O20/c1-27(2)19-34(66-56(94)46(31(7)79)74-50(88)37(20-33-13-10-9-11-14-33)68-52(90)40(26-77)70-48(86)35(65-32(8)80)15-12-18-61-57(59)60)21-62-29(5)47(85)69-38(24-75)53(91)71-39(25-76)51(89)67-36(16-17-43(83)84)49(87)73-45(30(6)78)55(93)64-23-42(82)72-44(28(3)4)54(92)63-22-41(58)81/h9-11,13-14,27-31,34-40,44-46,62,75-79H,12,15-26H2,1-8H3,(H2,58,81)(H,63,92)(H,64,93)(H,65,80)(H,66,94)(H,67,89)(H,68,90)(H,69,85)(H,70,86)(H,71,91)(H,72,82)(H,73,87)(H,74,88)(H,83,84)(H4,59,60,61)/t29-,30+,31+,34-,35-,36-,37-,38-,39-,40-,44-,45-,46-/m0/s1. The highest BCUT2D eigenvalue weighted by atomic mass is 16.4. The lowest BCUT2D eigenvalue weighted by atomic mass is 10.0. The van der Waals surface area contributed by atoms with E-state index in [1.807, 2.05) is 0 Å². The fourth-order valence-electron chi connectivity index (χ4n) is 8.69. The molecule has 0 heterocycles. The summed E-state index contributed by atoms with van der Waals surface area (Å²) in [5.74, 6) is -15.0. The maximum atomic E-state index is 14.1. The number of nitrogens with one attached hydrogen (secondary N) is 13. The van der Waals surface area contributed by atoms with Gasteiger partial charge in [0.2, 0.25) is 76.8 Å². The third-order valence-electron chi connectivity index (χ3n) is 13.7. The van der Waals surface area contributed by atoms with Gasteiger partial charge in [-0.15, -0.1) is 0 Å². The van der Waals surface area contributed by atoms with E-state index >= 15 is 0 Å². The zero-order valence-corrected chi connectivity index (χ0v) is 53.8. The molecule has 0 aromatic heterocycles. The molecule has 94 heavy (non-hydrogen) atoms. The van der Waals surface area contributed by atoms with Gasteiger partial charge >= 0.3 is 5.97 Å². The van der Waals surface area contributed by atoms with Gasteiger partial charge < -0.3 is 117 Å². The molecule has 0 aliphatic rings. The highest BCUT2D eigenvalue weighted by Crippen LogP contribution is 2.10. The van der Waals surface area contributed by atoms with Gasteiger partial charge in [-0.2, -0.15) is 0 Å². The van der Waals surface area contributed by atoms with Gasteiger partial charge in [0.25, 0.3) is 0 Å². The number of primary amides is 1. The maximum absolute atomic E-state index is 14.1. The molecule has 0 aliphatic carbocycles. The van der Waals surface area contributed by atoms with Crippen molar-refractivity contribution in [3.63, 3.8) is 0 Å². The zero-order chi connectivity index (χ0) is 71.5. The second kappa shape index (κ2) is 42.9. The van der Waals surface area contributed by atoms with Gasteiger partial charge in [-0.3, -0.25) is 72.1 Å². The number of aliphatic imine (C=N–C) groups is 1. The highest BCUT2D eigenvalue weighted by Gasteiger charge is 2.37. The number of aliphatic hydroxyl groups is 5. The van der Waals surface area contributed by atoms with Crippen molar-refractivity contribution in [2.45, 2.75) is 173 Å². The van der Waals surface area contributed by atoms with Crippen LogP contribution in [-0.2, 0) is 73.5 Å². The summed E-state index contributed by atoms with van der Waals surface area (Å²) in [7, 11) is 0. The van der Waals surface area contributed by atoms with Crippen LogP contribution in [0.3, 0.4) is 0 Å². The summed E-state index contributed by atoms with van der Waals surface area (Å²) in [5.41, 5.74) is 16.3. The normalized spacial score (nSPS) is 15.2. The maximum Gasteiger partial charge on any atom is 0.303 e. The van der Waals surface area contributed by atoms with Crippen molar-refractivity contribution in [1.29, 1.82) is 0 Å². The van der Waals surface area contributed by atoms with Gasteiger partial charge in [0, 0.05) is 38.9 Å². The Morgan fingerprint density at radius 3 is 1.41 bits per heavy atom. The Morgan fingerprint density at radius 2 is 0.947 bits per heavy atom. The number of carboxylic acids is 1. The van der Waals surface area contributed by atoms with Crippen LogP contribution in [0.5, 0.6) is 0 Å². The zero-order valence-electron chi connectivity index (χ0n) is 53.8. The van der Waals surface area contributed by atoms with Crippen LogP contribution < -0.4 is 86.3 Å². The molecule has 37 nitrogen and oxygen atoms in total. The molecule has 528 valence electrons. The largest absolute Gasteiger partial charge is 0.481 e. The molecule has 0 aliphatic heterocycles. The summed E-state index contributed by atoms with van der Waals surface area (Å²) >= 11 is 0. The van der Waals surface area contributed by atoms with Gasteiger partial charge in [-0.05, 0) is 63.9 Å². The first-order chi connectivity index (χ1) is 44.0. The number of nitrogens with zero attached hydrogens (tertiary/aromatic N) is 1. The van der Waals surface area contributed by atoms with Crippen molar-refractivity contribution in [3.05, 3.63) is 35.9 Å². The molecule has 13 atom stereocenters. The molecule has 0 bridgehead atoms. The van der Waals surface area contributed by atoms with Crippen LogP contribution in [0.15, 0.2) is 35.3 Å². The second-order valence-corrected chi connectivity index (χ2v) is 22.8. The fraction of sp³-hybridized carbons (Fsp3) is 0.632. The first kappa shape index (κ1) is 82.8. The molecule has 1 rings (SSSR count). The minimum Gasteiger partial charge on any atom is -0.481 e. The van der Waals surface area contributed by atoms with Crippen LogP contribution >= 0.6 is 0 Å². The number of aliphatic carboxylic acids is 1. The van der Waals surface area contributed by atoms with Crippen LogP contribution in [0.1, 0.15) is 93.1 Å². The molecule has 0 fully saturated rings. The predicted molar refractivity (Wildman–Crippen MR) is 333 cm³/mol. The quantitative estimate of drug-likeness (QED) is 0.0164. The Bertz CT molecular complexity index is 2750. The number of carbonyl (C=O) groups is 14. The molecule has 13 amide bonds. The van der Waals surface area contributed by atoms with E-state index in [0.29, 0.717) is 5.56 Å². The van der Waals surface area contributed by atoms with Crippen LogP contribution in [0.25, 0.3) is 0 Å². The Kier molecular flexibility index (Phi) is 37.8. The predicted octanol–water partition coefficient (Wildman–Crippen LogP) is -9.85. The Morgan fingerprint density at radius 1 is 0.500 bits per heavy atom. The van der Waals surface area contributed by atoms with Gasteiger partial charge in [0.05, 0.1) is 51.2 Å². The summed E-state index contributed by atoms with van der Waals surface area (Å²) in [6.07, 6.45) is -4.37. The molecule has 0 spiro atoms. The van der Waals surface area contributed by atoms with Gasteiger partial charge in [0.1, 0.15) is 54.4 Å². The van der Waals surface area contributed by atoms with Crippen molar-refractivity contribution in [3.8, 4) is 0 Å². The van der Waals surface area contributed by atoms with Crippen molar-refractivity contribution in [2.75, 3.05) is 46.0 Å². The first-order valence-corrected chi connectivity index (χ1v) is 30.1. The average molecular weight is 1340 g/mol. The van der Waals surface area contributed by atoms with E-state index in [-0.39, 0.29) is 50.7 Å². The Labute approximate surface area is 542 Å². The lowest BCUT2D eigenvalue weighted by molar-refractivity contribution is -0.139. The van der Waals surface area contributed by atoms with Crippen LogP contribution in [0.4, 0.5) is 0 Å². The SMILES string of the molecule is CC(=O)N[C@@H](CCCN=C(N)N)C(=O)N[C@@H](CO)C(=O)N[C@@H](Cc1ccccc1)C(=O)N[C@H](C(=O)N[C@H](CN[C@@H](C)C(=O)N[C@@H](CO)C(=O)N[C@@H](CO)C(=O)N[C@@H](CCC(=O)O)C(=O)N[C@H](C(=O)NCC(=O)N[C@H](C(=O)NCC(N)=O)C(C)C)[C@@H](C)O)CC(C)C)[C@@H](C)O. The van der Waals surface area contributed by atoms with E-state index in [9.17, 15) is 97.8 Å². The summed E-state index contributed by atoms with van der Waals surface area (Å²) in [6.45, 7) is 6.96. The summed E-state index contributed by atoms with van der Waals surface area (Å²) < 4.78 is 0. The molecule has 1 aromatic carbocycles. The number of hydrogen-bond donors (Lipinski definition) is 22. The molecular weight excluding hydrogens is 1240 g/mol. The molecule has 0 unspecified atom stereocenters. The van der Waals surface area contributed by atoms with Crippen molar-refractivity contribution in [1.82, 2.24) is 69.1 Å². The number of aliphatic hydroxyl groups excluding tert-OH is 5. The van der Waals surface area contributed by atoms with Gasteiger partial charge in [-0.25, -0.2) is 0 Å². The number of carboxylic acid groups (broad SMARTS) is 1.